The summed E-state index contributed by atoms with van der Waals surface area (Å²) in [5.74, 6) is 1.15. The second-order valence-corrected chi connectivity index (χ2v) is 3.79. The molecule has 1 nitrogen and oxygen atoms in total. The predicted octanol–water partition coefficient (Wildman–Crippen LogP) is 3.51. The first-order valence-electron chi connectivity index (χ1n) is 5.13. The van der Waals surface area contributed by atoms with Gasteiger partial charge in [-0.25, -0.2) is 0 Å². The molecule has 2 aliphatic rings. The molecule has 12 heavy (non-hydrogen) atoms. The highest BCUT2D eigenvalue weighted by Gasteiger charge is 2.18. The van der Waals surface area contributed by atoms with Gasteiger partial charge in [-0.15, -0.1) is 0 Å². The maximum absolute atomic E-state index is 4.97. The fourth-order valence-corrected chi connectivity index (χ4v) is 1.31. The molecule has 1 aliphatic heterocycles. The molecule has 0 aromatic carbocycles. The Kier molecular flexibility index (Phi) is 4.20. The lowest BCUT2D eigenvalue weighted by atomic mass is 10.2. The van der Waals surface area contributed by atoms with Crippen molar-refractivity contribution in [3.05, 3.63) is 12.3 Å². The van der Waals surface area contributed by atoms with E-state index in [4.69, 9.17) is 4.74 Å². The first-order valence-corrected chi connectivity index (χ1v) is 5.13. The zero-order valence-electron chi connectivity index (χ0n) is 8.25. The van der Waals surface area contributed by atoms with Gasteiger partial charge in [-0.1, -0.05) is 32.6 Å². The Balaban J connectivity index is 0.000000120. The largest absolute Gasteiger partial charge is 0.498 e. The molecule has 1 heteroatoms. The van der Waals surface area contributed by atoms with Crippen LogP contribution < -0.4 is 0 Å². The van der Waals surface area contributed by atoms with E-state index in [0.29, 0.717) is 6.10 Å². The number of hydrogen-bond donors (Lipinski definition) is 0. The molecule has 1 atom stereocenters. The minimum absolute atomic E-state index is 0.435. The van der Waals surface area contributed by atoms with Crippen molar-refractivity contribution in [3.8, 4) is 0 Å². The first-order chi connectivity index (χ1) is 5.83. The van der Waals surface area contributed by atoms with Crippen LogP contribution in [0.5, 0.6) is 0 Å². The highest BCUT2D eigenvalue weighted by molar-refractivity contribution is 4.83. The second kappa shape index (κ2) is 5.23. The molecule has 0 amide bonds. The van der Waals surface area contributed by atoms with Crippen LogP contribution in [-0.4, -0.2) is 6.10 Å². The van der Waals surface area contributed by atoms with Crippen molar-refractivity contribution >= 4 is 0 Å². The third-order valence-corrected chi connectivity index (χ3v) is 2.27. The van der Waals surface area contributed by atoms with Gasteiger partial charge in [0.15, 0.2) is 0 Å². The monoisotopic (exact) mass is 168 g/mol. The molecule has 1 heterocycles. The molecule has 1 saturated carbocycles. The Bertz CT molecular complexity index is 128. The molecular formula is C11H20O. The highest BCUT2D eigenvalue weighted by atomic mass is 16.5. The number of ether oxygens (including phenoxy) is 1. The molecule has 1 fully saturated rings. The van der Waals surface area contributed by atoms with Gasteiger partial charge in [0.05, 0.1) is 12.4 Å². The summed E-state index contributed by atoms with van der Waals surface area (Å²) < 4.78 is 4.97. The van der Waals surface area contributed by atoms with Gasteiger partial charge in [0.25, 0.3) is 0 Å². The van der Waals surface area contributed by atoms with E-state index in [0.717, 1.165) is 12.3 Å². The van der Waals surface area contributed by atoms with Gasteiger partial charge in [0.2, 0.25) is 0 Å². The Morgan fingerprint density at radius 3 is 2.33 bits per heavy atom. The van der Waals surface area contributed by atoms with Crippen molar-refractivity contribution in [3.63, 3.8) is 0 Å². The van der Waals surface area contributed by atoms with E-state index in [9.17, 15) is 0 Å². The van der Waals surface area contributed by atoms with Crippen LogP contribution in [0.25, 0.3) is 0 Å². The maximum Gasteiger partial charge on any atom is 0.0985 e. The van der Waals surface area contributed by atoms with Crippen LogP contribution in [-0.2, 0) is 4.74 Å². The quantitative estimate of drug-likeness (QED) is 0.613. The average Bonchev–Trinajstić information content (AvgIpc) is 2.74. The standard InChI is InChI=1S/C6H12.C5H8O/c1-2-3-6-4-5-6;1-5-3-2-4-6-5/h6H,2-5H2,1H3;2,4-5H,3H2,1H3. The van der Waals surface area contributed by atoms with Crippen molar-refractivity contribution in [1.82, 2.24) is 0 Å². The minimum atomic E-state index is 0.435. The summed E-state index contributed by atoms with van der Waals surface area (Å²) in [6.45, 7) is 4.32. The summed E-state index contributed by atoms with van der Waals surface area (Å²) >= 11 is 0. The van der Waals surface area contributed by atoms with Crippen molar-refractivity contribution in [1.29, 1.82) is 0 Å². The Morgan fingerprint density at radius 2 is 2.17 bits per heavy atom. The van der Waals surface area contributed by atoms with Gasteiger partial charge in [0, 0.05) is 6.42 Å². The van der Waals surface area contributed by atoms with E-state index in [2.05, 4.69) is 13.8 Å². The fourth-order valence-electron chi connectivity index (χ4n) is 1.31. The first kappa shape index (κ1) is 9.63. The van der Waals surface area contributed by atoms with E-state index in [1.54, 1.807) is 6.26 Å². The molecule has 0 radical (unpaired) electrons. The predicted molar refractivity (Wildman–Crippen MR) is 51.9 cm³/mol. The zero-order chi connectivity index (χ0) is 8.81. The third kappa shape index (κ3) is 4.42. The summed E-state index contributed by atoms with van der Waals surface area (Å²) in [7, 11) is 0. The van der Waals surface area contributed by atoms with E-state index in [-0.39, 0.29) is 0 Å². The molecule has 1 unspecified atom stereocenters. The average molecular weight is 168 g/mol. The summed E-state index contributed by atoms with van der Waals surface area (Å²) in [4.78, 5) is 0. The molecule has 0 aromatic heterocycles. The van der Waals surface area contributed by atoms with E-state index >= 15 is 0 Å². The topological polar surface area (TPSA) is 9.23 Å². The lowest BCUT2D eigenvalue weighted by molar-refractivity contribution is 0.189. The van der Waals surface area contributed by atoms with Crippen molar-refractivity contribution in [2.45, 2.75) is 52.1 Å². The van der Waals surface area contributed by atoms with Gasteiger partial charge >= 0.3 is 0 Å². The SMILES string of the molecule is CC1CC=CO1.CCCC1CC1. The lowest BCUT2D eigenvalue weighted by Gasteiger charge is -1.97. The second-order valence-electron chi connectivity index (χ2n) is 3.79. The number of hydrogen-bond acceptors (Lipinski definition) is 1. The molecule has 0 bridgehead atoms. The molecule has 0 saturated heterocycles. The smallest absolute Gasteiger partial charge is 0.0985 e. The van der Waals surface area contributed by atoms with Gasteiger partial charge < -0.3 is 4.74 Å². The van der Waals surface area contributed by atoms with Crippen LogP contribution in [0.2, 0.25) is 0 Å². The molecule has 0 spiro atoms. The van der Waals surface area contributed by atoms with E-state index < -0.39 is 0 Å². The van der Waals surface area contributed by atoms with Crippen LogP contribution >= 0.6 is 0 Å². The maximum atomic E-state index is 4.97. The molecule has 70 valence electrons. The van der Waals surface area contributed by atoms with Crippen LogP contribution in [0.1, 0.15) is 46.0 Å². The summed E-state index contributed by atoms with van der Waals surface area (Å²) in [6, 6.07) is 0. The Hall–Kier alpha value is -0.460. The van der Waals surface area contributed by atoms with Crippen molar-refractivity contribution in [2.24, 2.45) is 5.92 Å². The third-order valence-electron chi connectivity index (χ3n) is 2.27. The van der Waals surface area contributed by atoms with E-state index in [1.807, 2.05) is 6.08 Å². The van der Waals surface area contributed by atoms with Gasteiger partial charge in [-0.05, 0) is 18.9 Å². The van der Waals surface area contributed by atoms with Crippen molar-refractivity contribution < 1.29 is 4.74 Å². The fraction of sp³-hybridized carbons (Fsp3) is 0.818. The van der Waals surface area contributed by atoms with Gasteiger partial charge in [0.1, 0.15) is 0 Å². The Morgan fingerprint density at radius 1 is 1.42 bits per heavy atom. The van der Waals surface area contributed by atoms with Crippen LogP contribution in [0.15, 0.2) is 12.3 Å². The zero-order valence-corrected chi connectivity index (χ0v) is 8.25. The summed E-state index contributed by atoms with van der Waals surface area (Å²) in [5.41, 5.74) is 0. The number of rotatable bonds is 2. The molecule has 1 aliphatic carbocycles. The van der Waals surface area contributed by atoms with Crippen LogP contribution in [0.4, 0.5) is 0 Å². The highest BCUT2D eigenvalue weighted by Crippen LogP contribution is 2.32. The van der Waals surface area contributed by atoms with Crippen LogP contribution in [0.3, 0.4) is 0 Å². The molecule has 2 rings (SSSR count). The van der Waals surface area contributed by atoms with Gasteiger partial charge in [-0.3, -0.25) is 0 Å². The van der Waals surface area contributed by atoms with Gasteiger partial charge in [-0.2, -0.15) is 0 Å². The summed E-state index contributed by atoms with van der Waals surface area (Å²) in [5, 5.41) is 0. The minimum Gasteiger partial charge on any atom is -0.498 e. The summed E-state index contributed by atoms with van der Waals surface area (Å²) in [6.07, 6.45) is 11.2. The Labute approximate surface area is 75.8 Å². The molecular weight excluding hydrogens is 148 g/mol. The van der Waals surface area contributed by atoms with Crippen LogP contribution in [0, 0.1) is 5.92 Å². The normalized spacial score (nSPS) is 26.0. The van der Waals surface area contributed by atoms with Crippen molar-refractivity contribution in [2.75, 3.05) is 0 Å². The molecule has 0 aromatic rings. The lowest BCUT2D eigenvalue weighted by Crippen LogP contribution is -1.93. The van der Waals surface area contributed by atoms with E-state index in [1.165, 1.54) is 25.7 Å². The molecule has 0 N–H and O–H groups in total.